The third-order valence-electron chi connectivity index (χ3n) is 27.3. The van der Waals surface area contributed by atoms with Crippen LogP contribution in [0.2, 0.25) is 16.6 Å². The van der Waals surface area contributed by atoms with Gasteiger partial charge in [0.05, 0.1) is 54.9 Å². The number of hydrogen-bond donors (Lipinski definition) is 0. The predicted octanol–water partition coefficient (Wildman–Crippen LogP) is 30.0. The van der Waals surface area contributed by atoms with Crippen molar-refractivity contribution >= 4 is 175 Å². The highest BCUT2D eigenvalue weighted by molar-refractivity contribution is 9.11. The quantitative estimate of drug-likeness (QED) is 0.0727. The first-order valence-electron chi connectivity index (χ1n) is 45.2. The van der Waals surface area contributed by atoms with Gasteiger partial charge in [-0.15, -0.1) is 114 Å². The lowest BCUT2D eigenvalue weighted by atomic mass is 9.97. The lowest BCUT2D eigenvalue weighted by Crippen LogP contribution is -2.43. The highest BCUT2D eigenvalue weighted by Crippen LogP contribution is 2.52. The van der Waals surface area contributed by atoms with Gasteiger partial charge in [0, 0.05) is 128 Å². The van der Waals surface area contributed by atoms with Crippen molar-refractivity contribution in [3.63, 3.8) is 0 Å². The maximum absolute atomic E-state index is 15.1. The van der Waals surface area contributed by atoms with Gasteiger partial charge in [0.15, 0.2) is 0 Å². The summed E-state index contributed by atoms with van der Waals surface area (Å²) < 4.78 is 88.5. The van der Waals surface area contributed by atoms with Crippen LogP contribution in [0.4, 0.5) is 26.3 Å². The molecular formula is C118H86Br2F6S8Si. The first-order valence-corrected chi connectivity index (χ1v) is 55.8. The molecule has 0 saturated carbocycles. The molecule has 0 aliphatic heterocycles. The van der Waals surface area contributed by atoms with E-state index < -0.39 is 31.4 Å². The zero-order valence-electron chi connectivity index (χ0n) is 76.6. The first-order chi connectivity index (χ1) is 65.0. The molecule has 0 spiro atoms. The smallest absolute Gasteiger partial charge is 0.206 e. The van der Waals surface area contributed by atoms with Crippen LogP contribution >= 0.6 is 123 Å². The van der Waals surface area contributed by atoms with Crippen LogP contribution < -0.4 is 41.7 Å². The van der Waals surface area contributed by atoms with Gasteiger partial charge in [0.25, 0.3) is 0 Å². The molecule has 0 fully saturated rings. The van der Waals surface area contributed by atoms with E-state index in [0.29, 0.717) is 38.9 Å². The molecule has 0 atom stereocenters. The summed E-state index contributed by atoms with van der Waals surface area (Å²) in [5.41, 5.74) is 38.9. The minimum atomic E-state index is -4.41. The molecule has 8 aromatic carbocycles. The average molecular weight is 2060 g/mol. The number of thiophene rings is 8. The molecule has 135 heavy (non-hydrogen) atoms. The minimum absolute atomic E-state index is 0.00240. The lowest BCUT2D eigenvalue weighted by molar-refractivity contribution is -0.137. The van der Waals surface area contributed by atoms with Gasteiger partial charge >= 0.3 is 6.18 Å². The summed E-state index contributed by atoms with van der Waals surface area (Å²) >= 11 is 21.1. The second-order valence-electron chi connectivity index (χ2n) is 36.4. The van der Waals surface area contributed by atoms with Crippen LogP contribution in [0.5, 0.6) is 0 Å². The maximum Gasteiger partial charge on any atom is 0.416 e. The number of hydrogen-bond acceptors (Lipinski definition) is 8. The molecule has 0 unspecified atom stereocenters. The van der Waals surface area contributed by atoms with Crippen molar-refractivity contribution in [2.75, 3.05) is 0 Å². The summed E-state index contributed by atoms with van der Waals surface area (Å²) in [5, 5.41) is 17.4. The highest BCUT2D eigenvalue weighted by atomic mass is 79.9. The Hall–Kier alpha value is -10.7. The molecular weight excluding hydrogens is 1980 g/mol. The van der Waals surface area contributed by atoms with E-state index in [-0.39, 0.29) is 11.4 Å². The van der Waals surface area contributed by atoms with E-state index in [9.17, 15) is 22.0 Å². The largest absolute Gasteiger partial charge is 0.416 e. The Bertz CT molecular complexity index is 8460. The van der Waals surface area contributed by atoms with Crippen molar-refractivity contribution in [1.29, 1.82) is 0 Å². The molecule has 8 aromatic heterocycles. The third-order valence-corrected chi connectivity index (χ3v) is 42.9. The SMILES string of the molecule is CC#CC1=c2cc3c(cc2-c2cc(CCCC)sc21)=C(C#C[Si](C(C)C)(C(C)C)C(C)C)c1sc(C)cc1-3.CC#CC1=c2cc3c(cc2-c2ccsc21)=C(C#CC)c1sccc1-3.Cc1cc(C)cc(C2=c3cc4c(cc3-c3cc(Br)sc32)=C(c2cc(C)cc(C(F)(F)F)c2)c2sc(Br)cc2-4)c1.Cc1cccc(F)c1C1=c2cc3c(cc2-c2ccsc21)=C(c1c(F)cccc1F)c1sccc1-3. The van der Waals surface area contributed by atoms with E-state index in [2.05, 4.69) is 256 Å². The molecule has 0 N–H and O–H groups in total. The standard InChI is InChI=1S/C35H40S2Si.C32H19Br2F3S2.C29H15F3S2.C22H12S2/c1-10-12-14-25-18-33-31-20-29-27(15-16-38(21(3)4,22(5)6)23(7)8)34-32(17-24(9)36-34)30(29)19-28(31)26(13-11-2)35(33)37-25;1-14-4-15(2)6-17(5-14)28-22-10-21-23(11-20(22)24-12-26(33)38-30(24)28)29(31-25(21)13-27(34)39-31)18-7-16(3)8-19(9-18)32(35,36)37;1-14-4-2-5-21(30)24(14)25-19-12-18-16-9-11-34-29(16)26(27-22(31)6-3-7-23(27)32)20(18)13-17(19)15-8-10-33-28(15)25;1-3-5-13-17-11-20-16-8-10-24-22(16)14(6-4-2)18(20)12-19(17)15-7-9-23-21(13)15/h17-23H,10,12,14H2,1-9H3;4-13H,1-3H3;2-13H,1H3;7-12H,1-2H3. The van der Waals surface area contributed by atoms with Gasteiger partial charge < -0.3 is 0 Å². The number of alkyl halides is 3. The Balaban J connectivity index is 0.000000109. The Morgan fingerprint density at radius 3 is 1.16 bits per heavy atom. The number of unbranched alkanes of at least 4 members (excludes halogenated alkanes) is 1. The molecule has 24 rings (SSSR count). The second kappa shape index (κ2) is 35.1. The zero-order chi connectivity index (χ0) is 94.1. The van der Waals surface area contributed by atoms with Gasteiger partial charge in [-0.25, -0.2) is 13.2 Å². The van der Waals surface area contributed by atoms with Crippen molar-refractivity contribution in [1.82, 2.24) is 0 Å². The molecule has 0 saturated heterocycles. The molecule has 8 heterocycles. The van der Waals surface area contributed by atoms with Crippen molar-refractivity contribution in [2.45, 2.75) is 146 Å². The summed E-state index contributed by atoms with van der Waals surface area (Å²) in [7, 11) is -1.84. The van der Waals surface area contributed by atoms with Gasteiger partial charge in [-0.1, -0.05) is 132 Å². The van der Waals surface area contributed by atoms with Crippen molar-refractivity contribution in [3.8, 4) is 136 Å². The molecule has 17 heteroatoms. The van der Waals surface area contributed by atoms with Gasteiger partial charge in [-0.2, -0.15) is 13.2 Å². The Labute approximate surface area is 832 Å². The average Bonchev–Trinajstić information content (AvgIpc) is 1.51. The summed E-state index contributed by atoms with van der Waals surface area (Å²) in [4.78, 5) is 12.3. The molecule has 16 aromatic rings. The van der Waals surface area contributed by atoms with Crippen LogP contribution in [0, 0.1) is 99.1 Å². The van der Waals surface area contributed by atoms with E-state index in [1.807, 2.05) is 91.5 Å². The highest BCUT2D eigenvalue weighted by Gasteiger charge is 2.43. The number of halogens is 8. The van der Waals surface area contributed by atoms with E-state index in [1.165, 1.54) is 210 Å². The molecule has 8 aliphatic rings. The third kappa shape index (κ3) is 15.0. The van der Waals surface area contributed by atoms with Crippen molar-refractivity contribution < 1.29 is 26.3 Å². The molecule has 0 amide bonds. The second-order valence-corrected chi connectivity index (χ2v) is 52.9. The van der Waals surface area contributed by atoms with Crippen LogP contribution in [-0.2, 0) is 12.6 Å². The summed E-state index contributed by atoms with van der Waals surface area (Å²) in [6, 6.07) is 55.8. The fourth-order valence-corrected chi connectivity index (χ4v) is 36.5. The number of aryl methyl sites for hydroxylation is 6. The number of fused-ring (bicyclic) bond motifs is 24. The van der Waals surface area contributed by atoms with E-state index in [1.54, 1.807) is 69.7 Å². The van der Waals surface area contributed by atoms with E-state index in [0.717, 1.165) is 105 Å². The number of rotatable bonds is 10. The van der Waals surface area contributed by atoms with Gasteiger partial charge in [-0.3, -0.25) is 0 Å². The van der Waals surface area contributed by atoms with Gasteiger partial charge in [0.2, 0.25) is 0 Å². The molecule has 666 valence electrons. The summed E-state index contributed by atoms with van der Waals surface area (Å²) in [6.45, 7) is 32.6. The van der Waals surface area contributed by atoms with Crippen molar-refractivity contribution in [2.24, 2.45) is 0 Å². The Morgan fingerprint density at radius 1 is 0.348 bits per heavy atom. The fraction of sp³-hybridized carbons (Fsp3) is 0.186. The molecule has 8 aliphatic carbocycles. The normalized spacial score (nSPS) is 13.2. The Kier molecular flexibility index (Phi) is 23.6. The monoisotopic (exact) mass is 2060 g/mol. The summed E-state index contributed by atoms with van der Waals surface area (Å²) in [6.07, 6.45) is -0.781. The van der Waals surface area contributed by atoms with E-state index in [4.69, 9.17) is 0 Å². The van der Waals surface area contributed by atoms with Gasteiger partial charge in [-0.05, 0) is 353 Å². The fourth-order valence-electron chi connectivity index (χ4n) is 21.8. The van der Waals surface area contributed by atoms with Crippen LogP contribution in [0.3, 0.4) is 0 Å². The molecule has 0 bridgehead atoms. The minimum Gasteiger partial charge on any atom is -0.206 e. The molecule has 0 nitrogen and oxygen atoms in total. The van der Waals surface area contributed by atoms with Crippen LogP contribution in [-0.4, -0.2) is 8.07 Å². The molecule has 0 radical (unpaired) electrons. The predicted molar refractivity (Wildman–Crippen MR) is 573 cm³/mol. The Morgan fingerprint density at radius 2 is 0.711 bits per heavy atom. The number of benzene rings is 8. The topological polar surface area (TPSA) is 0 Å². The zero-order valence-corrected chi connectivity index (χ0v) is 87.3. The van der Waals surface area contributed by atoms with Crippen molar-refractivity contribution in [3.05, 3.63) is 357 Å². The summed E-state index contributed by atoms with van der Waals surface area (Å²) in [5.74, 6) is 22.0. The lowest BCUT2D eigenvalue weighted by Gasteiger charge is -2.38. The first kappa shape index (κ1) is 90.8. The maximum atomic E-state index is 15.1. The van der Waals surface area contributed by atoms with Gasteiger partial charge in [0.1, 0.15) is 25.5 Å². The van der Waals surface area contributed by atoms with E-state index >= 15 is 4.39 Å². The van der Waals surface area contributed by atoms with Crippen LogP contribution in [0.25, 0.3) is 134 Å². The van der Waals surface area contributed by atoms with Crippen LogP contribution in [0.1, 0.15) is 181 Å². The van der Waals surface area contributed by atoms with Crippen LogP contribution in [0.15, 0.2) is 199 Å².